The minimum absolute atomic E-state index is 0.0188. The summed E-state index contributed by atoms with van der Waals surface area (Å²) in [5, 5.41) is 11.2. The Labute approximate surface area is 143 Å². The van der Waals surface area contributed by atoms with Gasteiger partial charge in [-0.1, -0.05) is 6.92 Å². The number of rotatable bonds is 5. The van der Waals surface area contributed by atoms with E-state index in [2.05, 4.69) is 46.5 Å². The van der Waals surface area contributed by atoms with Crippen LogP contribution in [-0.2, 0) is 24.2 Å². The van der Waals surface area contributed by atoms with Crippen LogP contribution in [0.3, 0.4) is 0 Å². The van der Waals surface area contributed by atoms with E-state index in [-0.39, 0.29) is 24.5 Å². The number of aryl methyl sites for hydroxylation is 2. The summed E-state index contributed by atoms with van der Waals surface area (Å²) in [5.41, 5.74) is 0. The number of amides is 1. The maximum Gasteiger partial charge on any atom is 0.243 e. The van der Waals surface area contributed by atoms with Crippen molar-refractivity contribution in [1.29, 1.82) is 0 Å². The number of likely N-dealkylation sites (N-methyl/N-ethyl adjacent to an activating group) is 1. The molecule has 1 aromatic rings. The molecule has 1 aliphatic rings. The van der Waals surface area contributed by atoms with Gasteiger partial charge in [0.2, 0.25) is 5.91 Å². The van der Waals surface area contributed by atoms with Crippen LogP contribution in [0, 0.1) is 0 Å². The predicted octanol–water partition coefficient (Wildman–Crippen LogP) is 0.187. The van der Waals surface area contributed by atoms with Crippen LogP contribution in [0.25, 0.3) is 0 Å². The number of aromatic nitrogens is 3. The first kappa shape index (κ1) is 18.2. The molecule has 1 atom stereocenters. The Morgan fingerprint density at radius 2 is 2.21 bits per heavy atom. The van der Waals surface area contributed by atoms with Crippen LogP contribution in [0.15, 0.2) is 4.99 Å². The number of nitrogens with zero attached hydrogens (tertiary/aromatic N) is 5. The summed E-state index contributed by atoms with van der Waals surface area (Å²) in [6, 6.07) is 0.464. The molecule has 134 valence electrons. The zero-order valence-electron chi connectivity index (χ0n) is 15.3. The highest BCUT2D eigenvalue weighted by Crippen LogP contribution is 2.13. The van der Waals surface area contributed by atoms with Crippen molar-refractivity contribution in [2.75, 3.05) is 20.6 Å². The quantitative estimate of drug-likeness (QED) is 0.592. The van der Waals surface area contributed by atoms with Gasteiger partial charge in [0.15, 0.2) is 11.8 Å². The number of guanidine groups is 1. The fourth-order valence-electron chi connectivity index (χ4n) is 2.52. The zero-order chi connectivity index (χ0) is 17.7. The molecule has 0 aromatic carbocycles. The molecule has 0 bridgehead atoms. The van der Waals surface area contributed by atoms with Gasteiger partial charge >= 0.3 is 0 Å². The summed E-state index contributed by atoms with van der Waals surface area (Å²) in [7, 11) is 3.47. The van der Waals surface area contributed by atoms with Crippen molar-refractivity contribution in [3.05, 3.63) is 11.6 Å². The van der Waals surface area contributed by atoms with E-state index >= 15 is 0 Å². The maximum atomic E-state index is 11.8. The van der Waals surface area contributed by atoms with Gasteiger partial charge in [-0.2, -0.15) is 5.10 Å². The lowest BCUT2D eigenvalue weighted by atomic mass is 10.1. The SMILES string of the molecule is CCc1nc2n(n1)CC(NC(=NCC(=O)N(C)C)NC(C)C)CC2. The van der Waals surface area contributed by atoms with Crippen molar-refractivity contribution in [3.63, 3.8) is 0 Å². The van der Waals surface area contributed by atoms with Crippen LogP contribution in [0.1, 0.15) is 38.8 Å². The van der Waals surface area contributed by atoms with Gasteiger partial charge in [-0.25, -0.2) is 14.7 Å². The van der Waals surface area contributed by atoms with E-state index in [0.717, 1.165) is 37.5 Å². The van der Waals surface area contributed by atoms with Crippen molar-refractivity contribution < 1.29 is 4.79 Å². The van der Waals surface area contributed by atoms with E-state index in [9.17, 15) is 4.79 Å². The van der Waals surface area contributed by atoms with Crippen molar-refractivity contribution in [3.8, 4) is 0 Å². The maximum absolute atomic E-state index is 11.8. The fraction of sp³-hybridized carbons (Fsp3) is 0.750. The first-order valence-electron chi connectivity index (χ1n) is 8.59. The Balaban J connectivity index is 2.01. The zero-order valence-corrected chi connectivity index (χ0v) is 15.3. The van der Waals surface area contributed by atoms with E-state index < -0.39 is 0 Å². The van der Waals surface area contributed by atoms with Gasteiger partial charge < -0.3 is 15.5 Å². The van der Waals surface area contributed by atoms with Crippen molar-refractivity contribution in [2.45, 2.75) is 58.7 Å². The highest BCUT2D eigenvalue weighted by atomic mass is 16.2. The molecule has 0 saturated carbocycles. The summed E-state index contributed by atoms with van der Waals surface area (Å²) < 4.78 is 1.98. The van der Waals surface area contributed by atoms with Crippen molar-refractivity contribution >= 4 is 11.9 Å². The molecular formula is C16H29N7O. The highest BCUT2D eigenvalue weighted by molar-refractivity contribution is 5.85. The van der Waals surface area contributed by atoms with Crippen LogP contribution in [0.2, 0.25) is 0 Å². The van der Waals surface area contributed by atoms with Gasteiger partial charge in [0.05, 0.1) is 6.54 Å². The van der Waals surface area contributed by atoms with E-state index in [1.54, 1.807) is 19.0 Å². The van der Waals surface area contributed by atoms with Crippen LogP contribution in [0.4, 0.5) is 0 Å². The smallest absolute Gasteiger partial charge is 0.243 e. The van der Waals surface area contributed by atoms with Crippen LogP contribution in [0.5, 0.6) is 0 Å². The normalized spacial score (nSPS) is 17.6. The van der Waals surface area contributed by atoms with Crippen LogP contribution >= 0.6 is 0 Å². The number of hydrogen-bond acceptors (Lipinski definition) is 4. The van der Waals surface area contributed by atoms with Crippen molar-refractivity contribution in [2.24, 2.45) is 4.99 Å². The molecule has 1 unspecified atom stereocenters. The molecular weight excluding hydrogens is 306 g/mol. The lowest BCUT2D eigenvalue weighted by molar-refractivity contribution is -0.127. The topological polar surface area (TPSA) is 87.4 Å². The molecule has 2 heterocycles. The minimum atomic E-state index is -0.0188. The lowest BCUT2D eigenvalue weighted by Crippen LogP contribution is -2.49. The van der Waals surface area contributed by atoms with Crippen LogP contribution < -0.4 is 10.6 Å². The predicted molar refractivity (Wildman–Crippen MR) is 93.9 cm³/mol. The van der Waals surface area contributed by atoms with Gasteiger partial charge in [-0.3, -0.25) is 4.79 Å². The molecule has 8 nitrogen and oxygen atoms in total. The second-order valence-electron chi connectivity index (χ2n) is 6.61. The van der Waals surface area contributed by atoms with E-state index in [0.29, 0.717) is 5.96 Å². The lowest BCUT2D eigenvalue weighted by Gasteiger charge is -2.26. The van der Waals surface area contributed by atoms with E-state index in [1.165, 1.54) is 0 Å². The Morgan fingerprint density at radius 1 is 1.46 bits per heavy atom. The molecule has 0 spiro atoms. The van der Waals surface area contributed by atoms with Gasteiger partial charge in [0, 0.05) is 39.0 Å². The molecule has 24 heavy (non-hydrogen) atoms. The third kappa shape index (κ3) is 4.94. The Hall–Kier alpha value is -2.12. The number of carbonyl (C=O) groups excluding carboxylic acids is 1. The first-order valence-corrected chi connectivity index (χ1v) is 8.59. The summed E-state index contributed by atoms with van der Waals surface area (Å²) in [6.07, 6.45) is 2.73. The first-order chi connectivity index (χ1) is 11.4. The van der Waals surface area contributed by atoms with E-state index in [1.807, 2.05) is 4.68 Å². The number of carbonyl (C=O) groups is 1. The Kier molecular flexibility index (Phi) is 6.16. The average Bonchev–Trinajstić information content (AvgIpc) is 2.94. The molecule has 1 aromatic heterocycles. The molecule has 0 aliphatic carbocycles. The Morgan fingerprint density at radius 3 is 2.83 bits per heavy atom. The minimum Gasteiger partial charge on any atom is -0.354 e. The second-order valence-corrected chi connectivity index (χ2v) is 6.61. The van der Waals surface area contributed by atoms with E-state index in [4.69, 9.17) is 0 Å². The summed E-state index contributed by atoms with van der Waals surface area (Å²) in [6.45, 7) is 7.07. The molecule has 8 heteroatoms. The average molecular weight is 335 g/mol. The number of nitrogens with one attached hydrogen (secondary N) is 2. The molecule has 1 amide bonds. The van der Waals surface area contributed by atoms with Gasteiger partial charge in [0.25, 0.3) is 0 Å². The van der Waals surface area contributed by atoms with Gasteiger partial charge in [0.1, 0.15) is 12.4 Å². The summed E-state index contributed by atoms with van der Waals surface area (Å²) in [4.78, 5) is 22.3. The molecule has 2 N–H and O–H groups in total. The third-order valence-electron chi connectivity index (χ3n) is 3.86. The fourth-order valence-corrected chi connectivity index (χ4v) is 2.52. The monoisotopic (exact) mass is 335 g/mol. The summed E-state index contributed by atoms with van der Waals surface area (Å²) >= 11 is 0. The highest BCUT2D eigenvalue weighted by Gasteiger charge is 2.22. The molecule has 1 aliphatic heterocycles. The summed E-state index contributed by atoms with van der Waals surface area (Å²) in [5.74, 6) is 2.61. The van der Waals surface area contributed by atoms with Gasteiger partial charge in [-0.15, -0.1) is 0 Å². The molecule has 2 rings (SSSR count). The molecule has 0 fully saturated rings. The number of aliphatic imine (C=N–C) groups is 1. The standard InChI is InChI=1S/C16H29N7O/c1-6-13-20-14-8-7-12(10-23(14)21-13)19-16(18-11(2)3)17-9-15(24)22(4)5/h11-12H,6-10H2,1-5H3,(H2,17,18,19). The number of hydrogen-bond donors (Lipinski definition) is 2. The molecule has 0 saturated heterocycles. The van der Waals surface area contributed by atoms with Crippen molar-refractivity contribution in [1.82, 2.24) is 30.3 Å². The van der Waals surface area contributed by atoms with Gasteiger partial charge in [-0.05, 0) is 20.3 Å². The Bertz CT molecular complexity index is 591. The second kappa shape index (κ2) is 8.12. The third-order valence-corrected chi connectivity index (χ3v) is 3.86. The number of fused-ring (bicyclic) bond motifs is 1. The largest absolute Gasteiger partial charge is 0.354 e. The van der Waals surface area contributed by atoms with Crippen LogP contribution in [-0.4, -0.2) is 64.3 Å². The molecule has 0 radical (unpaired) electrons.